The summed E-state index contributed by atoms with van der Waals surface area (Å²) in [5, 5.41) is 35.3. The SMILES string of the molecule is CC(=O)N[C@H]1[C@H](O)[C@H](O)[C@H](CO)O[C@@H]1Nc1ccc(S(=O)(=O)Nc2nccc(C)n2)cc1. The number of carbonyl (C=O) groups excluding carboxylic acids is 1. The van der Waals surface area contributed by atoms with Crippen molar-refractivity contribution >= 4 is 27.6 Å². The van der Waals surface area contributed by atoms with Gasteiger partial charge < -0.3 is 30.7 Å². The Morgan fingerprint density at radius 1 is 1.16 bits per heavy atom. The minimum Gasteiger partial charge on any atom is -0.394 e. The van der Waals surface area contributed by atoms with Crippen LogP contribution in [-0.4, -0.2) is 76.8 Å². The van der Waals surface area contributed by atoms with Crippen LogP contribution in [0.2, 0.25) is 0 Å². The molecule has 12 nitrogen and oxygen atoms in total. The zero-order valence-electron chi connectivity index (χ0n) is 17.3. The van der Waals surface area contributed by atoms with E-state index >= 15 is 0 Å². The van der Waals surface area contributed by atoms with Gasteiger partial charge in [-0.05, 0) is 37.3 Å². The molecule has 0 spiro atoms. The standard InChI is InChI=1S/C19H25N5O7S/c1-10-7-8-20-19(21-10)24-32(29,30)13-5-3-12(4-6-13)23-18-15(22-11(2)26)17(28)16(27)14(9-25)31-18/h3-8,14-18,23,25,27-28H,9H2,1-2H3,(H,22,26)(H,20,21,24)/t14-,15-,16+,17-,18-/m0/s1. The summed E-state index contributed by atoms with van der Waals surface area (Å²) in [7, 11) is -3.93. The van der Waals surface area contributed by atoms with Crippen molar-refractivity contribution in [2.75, 3.05) is 16.6 Å². The molecule has 2 heterocycles. The molecule has 2 aromatic rings. The Balaban J connectivity index is 1.76. The number of hydrogen-bond donors (Lipinski definition) is 6. The average Bonchev–Trinajstić information content (AvgIpc) is 2.73. The summed E-state index contributed by atoms with van der Waals surface area (Å²) in [6, 6.07) is 6.22. The van der Waals surface area contributed by atoms with Crippen LogP contribution in [0.5, 0.6) is 0 Å². The van der Waals surface area contributed by atoms with Gasteiger partial charge in [-0.25, -0.2) is 23.1 Å². The fourth-order valence-corrected chi connectivity index (χ4v) is 4.16. The number of rotatable bonds is 7. The maximum Gasteiger partial charge on any atom is 0.264 e. The van der Waals surface area contributed by atoms with Gasteiger partial charge in [0, 0.05) is 24.5 Å². The number of aryl methyl sites for hydroxylation is 1. The van der Waals surface area contributed by atoms with E-state index in [-0.39, 0.29) is 10.8 Å². The highest BCUT2D eigenvalue weighted by Crippen LogP contribution is 2.24. The molecule has 1 aliphatic heterocycles. The molecule has 0 bridgehead atoms. The zero-order valence-corrected chi connectivity index (χ0v) is 18.2. The van der Waals surface area contributed by atoms with E-state index < -0.39 is 53.1 Å². The molecule has 0 aliphatic carbocycles. The number of amides is 1. The van der Waals surface area contributed by atoms with Gasteiger partial charge in [0.15, 0.2) is 6.23 Å². The second-order valence-corrected chi connectivity index (χ2v) is 8.96. The molecule has 1 aromatic heterocycles. The number of aliphatic hydroxyl groups excluding tert-OH is 3. The number of hydrogen-bond acceptors (Lipinski definition) is 10. The molecule has 3 rings (SSSR count). The first-order valence-electron chi connectivity index (χ1n) is 9.69. The fourth-order valence-electron chi connectivity index (χ4n) is 3.21. The Bertz CT molecular complexity index is 1050. The number of anilines is 2. The molecule has 0 unspecified atom stereocenters. The van der Waals surface area contributed by atoms with Crippen LogP contribution < -0.4 is 15.4 Å². The van der Waals surface area contributed by atoms with Crippen LogP contribution in [0.3, 0.4) is 0 Å². The van der Waals surface area contributed by atoms with Crippen molar-refractivity contribution in [2.45, 2.75) is 49.3 Å². The maximum absolute atomic E-state index is 12.6. The summed E-state index contributed by atoms with van der Waals surface area (Å²) in [5.41, 5.74) is 1.02. The number of sulfonamides is 1. The minimum absolute atomic E-state index is 0.0418. The molecule has 5 atom stereocenters. The molecular weight excluding hydrogens is 442 g/mol. The van der Waals surface area contributed by atoms with Crippen molar-refractivity contribution in [3.8, 4) is 0 Å². The number of nitrogens with zero attached hydrogens (tertiary/aromatic N) is 2. The predicted molar refractivity (Wildman–Crippen MR) is 113 cm³/mol. The summed E-state index contributed by atoms with van der Waals surface area (Å²) < 4.78 is 33.0. The number of benzene rings is 1. The second-order valence-electron chi connectivity index (χ2n) is 7.28. The highest BCUT2D eigenvalue weighted by molar-refractivity contribution is 7.92. The number of aliphatic hydroxyl groups is 3. The Morgan fingerprint density at radius 2 is 1.84 bits per heavy atom. The molecule has 1 aromatic carbocycles. The van der Waals surface area contributed by atoms with Gasteiger partial charge in [0.05, 0.1) is 11.5 Å². The predicted octanol–water partition coefficient (Wildman–Crippen LogP) is -1.06. The van der Waals surface area contributed by atoms with Gasteiger partial charge in [0.2, 0.25) is 11.9 Å². The van der Waals surface area contributed by atoms with Gasteiger partial charge in [0.25, 0.3) is 10.0 Å². The molecule has 174 valence electrons. The van der Waals surface area contributed by atoms with E-state index in [9.17, 15) is 28.5 Å². The molecular formula is C19H25N5O7S. The van der Waals surface area contributed by atoms with Crippen LogP contribution >= 0.6 is 0 Å². The van der Waals surface area contributed by atoms with Crippen LogP contribution in [0.15, 0.2) is 41.4 Å². The van der Waals surface area contributed by atoms with E-state index in [0.717, 1.165) is 0 Å². The van der Waals surface area contributed by atoms with Crippen molar-refractivity contribution in [3.63, 3.8) is 0 Å². The summed E-state index contributed by atoms with van der Waals surface area (Å²) in [4.78, 5) is 19.4. The van der Waals surface area contributed by atoms with E-state index in [1.165, 1.54) is 37.4 Å². The largest absolute Gasteiger partial charge is 0.394 e. The van der Waals surface area contributed by atoms with Crippen LogP contribution in [0.4, 0.5) is 11.6 Å². The Labute approximate surface area is 184 Å². The molecule has 1 aliphatic rings. The molecule has 1 saturated heterocycles. The lowest BCUT2D eigenvalue weighted by atomic mass is 9.96. The number of aromatic nitrogens is 2. The molecule has 0 saturated carbocycles. The van der Waals surface area contributed by atoms with Crippen LogP contribution in [0, 0.1) is 6.92 Å². The van der Waals surface area contributed by atoms with Gasteiger partial charge in [-0.1, -0.05) is 0 Å². The van der Waals surface area contributed by atoms with Crippen molar-refractivity contribution in [2.24, 2.45) is 0 Å². The van der Waals surface area contributed by atoms with Gasteiger partial charge in [-0.15, -0.1) is 0 Å². The normalized spacial score (nSPS) is 25.7. The lowest BCUT2D eigenvalue weighted by Gasteiger charge is -2.43. The average molecular weight is 468 g/mol. The summed E-state index contributed by atoms with van der Waals surface area (Å²) in [6.07, 6.45) is -3.45. The van der Waals surface area contributed by atoms with Crippen molar-refractivity contribution in [1.82, 2.24) is 15.3 Å². The van der Waals surface area contributed by atoms with Crippen LogP contribution in [-0.2, 0) is 19.6 Å². The number of carbonyl (C=O) groups is 1. The third kappa shape index (κ3) is 5.49. The van der Waals surface area contributed by atoms with E-state index in [4.69, 9.17) is 4.74 Å². The summed E-state index contributed by atoms with van der Waals surface area (Å²) >= 11 is 0. The van der Waals surface area contributed by atoms with Crippen molar-refractivity contribution < 1.29 is 33.3 Å². The van der Waals surface area contributed by atoms with E-state index in [0.29, 0.717) is 11.4 Å². The molecule has 1 amide bonds. The lowest BCUT2D eigenvalue weighted by molar-refractivity contribution is -0.188. The third-order valence-electron chi connectivity index (χ3n) is 4.79. The topological polar surface area (TPSA) is 183 Å². The smallest absolute Gasteiger partial charge is 0.264 e. The van der Waals surface area contributed by atoms with E-state index in [2.05, 4.69) is 25.3 Å². The Hall–Kier alpha value is -2.84. The first kappa shape index (κ1) is 23.8. The number of nitrogens with one attached hydrogen (secondary N) is 3. The second kappa shape index (κ2) is 9.75. The monoisotopic (exact) mass is 467 g/mol. The minimum atomic E-state index is -3.93. The first-order chi connectivity index (χ1) is 15.1. The van der Waals surface area contributed by atoms with Gasteiger partial charge >= 0.3 is 0 Å². The highest BCUT2D eigenvalue weighted by atomic mass is 32.2. The highest BCUT2D eigenvalue weighted by Gasteiger charge is 2.44. The lowest BCUT2D eigenvalue weighted by Crippen LogP contribution is -2.65. The molecule has 32 heavy (non-hydrogen) atoms. The third-order valence-corrected chi connectivity index (χ3v) is 6.13. The molecule has 6 N–H and O–H groups in total. The van der Waals surface area contributed by atoms with E-state index in [1.807, 2.05) is 0 Å². The van der Waals surface area contributed by atoms with E-state index in [1.54, 1.807) is 13.0 Å². The zero-order chi connectivity index (χ0) is 23.5. The summed E-state index contributed by atoms with van der Waals surface area (Å²) in [6.45, 7) is 2.41. The van der Waals surface area contributed by atoms with Crippen molar-refractivity contribution in [3.05, 3.63) is 42.2 Å². The molecule has 1 fully saturated rings. The molecule has 0 radical (unpaired) electrons. The van der Waals surface area contributed by atoms with Gasteiger partial charge in [-0.3, -0.25) is 4.79 Å². The van der Waals surface area contributed by atoms with Gasteiger partial charge in [-0.2, -0.15) is 0 Å². The van der Waals surface area contributed by atoms with Gasteiger partial charge in [0.1, 0.15) is 24.4 Å². The molecule has 13 heteroatoms. The summed E-state index contributed by atoms with van der Waals surface area (Å²) in [5.74, 6) is -0.506. The fraction of sp³-hybridized carbons (Fsp3) is 0.421. The number of ether oxygens (including phenoxy) is 1. The Kier molecular flexibility index (Phi) is 7.26. The quantitative estimate of drug-likeness (QED) is 0.293. The van der Waals surface area contributed by atoms with Crippen LogP contribution in [0.1, 0.15) is 12.6 Å². The van der Waals surface area contributed by atoms with Crippen LogP contribution in [0.25, 0.3) is 0 Å². The Morgan fingerprint density at radius 3 is 2.44 bits per heavy atom. The maximum atomic E-state index is 12.6. The van der Waals surface area contributed by atoms with Crippen molar-refractivity contribution in [1.29, 1.82) is 0 Å². The first-order valence-corrected chi connectivity index (χ1v) is 11.2.